The monoisotopic (exact) mass is 452 g/mol. The molecule has 2 amide bonds. The quantitative estimate of drug-likeness (QED) is 0.755. The molecular formula is C22H23F3N2O5. The van der Waals surface area contributed by atoms with Crippen LogP contribution >= 0.6 is 0 Å². The van der Waals surface area contributed by atoms with Crippen molar-refractivity contribution in [2.24, 2.45) is 0 Å². The summed E-state index contributed by atoms with van der Waals surface area (Å²) in [6, 6.07) is 9.17. The Hall–Kier alpha value is -3.27. The summed E-state index contributed by atoms with van der Waals surface area (Å²) in [5, 5.41) is 10.4. The summed E-state index contributed by atoms with van der Waals surface area (Å²) in [6.45, 7) is -0.515. The second-order valence-electron chi connectivity index (χ2n) is 7.34. The van der Waals surface area contributed by atoms with E-state index in [1.165, 1.54) is 25.2 Å². The van der Waals surface area contributed by atoms with Crippen LogP contribution in [-0.4, -0.2) is 66.7 Å². The molecule has 1 fully saturated rings. The third-order valence-corrected chi connectivity index (χ3v) is 5.11. The number of methoxy groups -OCH3 is 2. The van der Waals surface area contributed by atoms with Crippen molar-refractivity contribution >= 4 is 11.8 Å². The lowest BCUT2D eigenvalue weighted by atomic mass is 10.1. The minimum absolute atomic E-state index is 0.0500. The van der Waals surface area contributed by atoms with E-state index in [0.29, 0.717) is 17.1 Å². The molecule has 10 heteroatoms. The molecule has 0 saturated carbocycles. The van der Waals surface area contributed by atoms with Gasteiger partial charge in [0.15, 0.2) is 11.5 Å². The zero-order valence-electron chi connectivity index (χ0n) is 17.6. The number of benzene rings is 2. The number of carbonyl (C=O) groups excluding carboxylic acids is 2. The van der Waals surface area contributed by atoms with Gasteiger partial charge in [0.1, 0.15) is 6.54 Å². The zero-order valence-corrected chi connectivity index (χ0v) is 17.6. The second kappa shape index (κ2) is 9.47. The van der Waals surface area contributed by atoms with Gasteiger partial charge < -0.3 is 24.4 Å². The van der Waals surface area contributed by atoms with Crippen molar-refractivity contribution in [3.8, 4) is 11.5 Å². The molecule has 7 nitrogen and oxygen atoms in total. The van der Waals surface area contributed by atoms with Crippen molar-refractivity contribution in [3.63, 3.8) is 0 Å². The molecule has 1 heterocycles. The van der Waals surface area contributed by atoms with Crippen LogP contribution in [0.25, 0.3) is 0 Å². The molecule has 0 radical (unpaired) electrons. The predicted octanol–water partition coefficient (Wildman–Crippen LogP) is 2.57. The van der Waals surface area contributed by atoms with Gasteiger partial charge in [-0.3, -0.25) is 9.59 Å². The average Bonchev–Trinajstić information content (AvgIpc) is 2.90. The van der Waals surface area contributed by atoms with E-state index in [0.717, 1.165) is 23.1 Å². The smallest absolute Gasteiger partial charge is 0.416 e. The van der Waals surface area contributed by atoms with E-state index in [9.17, 15) is 27.9 Å². The maximum Gasteiger partial charge on any atom is 0.416 e. The lowest BCUT2D eigenvalue weighted by Gasteiger charge is -2.23. The fraction of sp³-hybridized carbons (Fsp3) is 0.364. The van der Waals surface area contributed by atoms with Crippen LogP contribution < -0.4 is 9.47 Å². The van der Waals surface area contributed by atoms with Crippen molar-refractivity contribution < 1.29 is 37.3 Å². The number of β-amino-alcohol motifs (C(OH)–C–C–N with tert-alkyl or cyclic N) is 1. The van der Waals surface area contributed by atoms with Gasteiger partial charge in [-0.25, -0.2) is 0 Å². The van der Waals surface area contributed by atoms with Crippen LogP contribution in [0.2, 0.25) is 0 Å². The van der Waals surface area contributed by atoms with Crippen LogP contribution in [-0.2, 0) is 17.5 Å². The lowest BCUT2D eigenvalue weighted by molar-refractivity contribution is -0.137. The van der Waals surface area contributed by atoms with Gasteiger partial charge in [-0.1, -0.05) is 18.2 Å². The first-order valence-corrected chi connectivity index (χ1v) is 9.76. The van der Waals surface area contributed by atoms with Crippen LogP contribution in [0, 0.1) is 0 Å². The van der Waals surface area contributed by atoms with Crippen molar-refractivity contribution in [1.29, 1.82) is 0 Å². The number of ether oxygens (including phenoxy) is 2. The zero-order chi connectivity index (χ0) is 23.5. The van der Waals surface area contributed by atoms with Gasteiger partial charge in [0.25, 0.3) is 5.91 Å². The standard InChI is InChI=1S/C22H23F3N2O5/c1-31-18-8-4-6-15(20(18)32-2)10-26-11-17(28)12-27(13-19(26)29)21(30)14-5-3-7-16(9-14)22(23,24)25/h3-9,17,28H,10-13H2,1-2H3. The highest BCUT2D eigenvalue weighted by atomic mass is 19.4. The summed E-state index contributed by atoms with van der Waals surface area (Å²) in [5.41, 5.74) is -0.524. The van der Waals surface area contributed by atoms with E-state index < -0.39 is 29.7 Å². The summed E-state index contributed by atoms with van der Waals surface area (Å²) in [6.07, 6.45) is -5.68. The Kier molecular flexibility index (Phi) is 6.93. The average molecular weight is 452 g/mol. The molecule has 0 aliphatic carbocycles. The number of amides is 2. The maximum atomic E-state index is 13.0. The number of rotatable bonds is 5. The third-order valence-electron chi connectivity index (χ3n) is 5.11. The van der Waals surface area contributed by atoms with E-state index in [2.05, 4.69) is 0 Å². The van der Waals surface area contributed by atoms with Gasteiger partial charge >= 0.3 is 6.18 Å². The molecule has 1 unspecified atom stereocenters. The number of para-hydroxylation sites is 1. The van der Waals surface area contributed by atoms with Gasteiger partial charge in [-0.15, -0.1) is 0 Å². The summed E-state index contributed by atoms with van der Waals surface area (Å²) in [5.74, 6) is -0.288. The first kappa shape index (κ1) is 23.4. The highest BCUT2D eigenvalue weighted by molar-refractivity contribution is 5.97. The molecule has 172 valence electrons. The number of hydrogen-bond acceptors (Lipinski definition) is 5. The third kappa shape index (κ3) is 5.13. The molecule has 1 N–H and O–H groups in total. The van der Waals surface area contributed by atoms with Crippen molar-refractivity contribution in [2.75, 3.05) is 33.9 Å². The fourth-order valence-electron chi connectivity index (χ4n) is 3.60. The number of aliphatic hydroxyl groups is 1. The molecule has 1 atom stereocenters. The molecule has 1 aliphatic heterocycles. The number of hydrogen-bond donors (Lipinski definition) is 1. The molecule has 2 aromatic rings. The van der Waals surface area contributed by atoms with Crippen molar-refractivity contribution in [2.45, 2.75) is 18.8 Å². The van der Waals surface area contributed by atoms with Crippen LogP contribution in [0.5, 0.6) is 11.5 Å². The molecule has 1 saturated heterocycles. The van der Waals surface area contributed by atoms with E-state index in [1.807, 2.05) is 0 Å². The number of halogens is 3. The first-order chi connectivity index (χ1) is 15.1. The summed E-state index contributed by atoms with van der Waals surface area (Å²) >= 11 is 0. The Bertz CT molecular complexity index is 996. The Morgan fingerprint density at radius 3 is 2.50 bits per heavy atom. The molecule has 0 aromatic heterocycles. The van der Waals surface area contributed by atoms with Crippen LogP contribution in [0.15, 0.2) is 42.5 Å². The summed E-state index contributed by atoms with van der Waals surface area (Å²) in [4.78, 5) is 28.1. The lowest BCUT2D eigenvalue weighted by Crippen LogP contribution is -2.39. The van der Waals surface area contributed by atoms with Gasteiger partial charge in [0.2, 0.25) is 5.91 Å². The van der Waals surface area contributed by atoms with Crippen LogP contribution in [0.3, 0.4) is 0 Å². The predicted molar refractivity (Wildman–Crippen MR) is 108 cm³/mol. The normalized spacial score (nSPS) is 17.2. The highest BCUT2D eigenvalue weighted by Crippen LogP contribution is 2.32. The largest absolute Gasteiger partial charge is 0.493 e. The van der Waals surface area contributed by atoms with Gasteiger partial charge in [0, 0.05) is 30.8 Å². The maximum absolute atomic E-state index is 13.0. The van der Waals surface area contributed by atoms with Crippen molar-refractivity contribution in [1.82, 2.24) is 9.80 Å². The molecular weight excluding hydrogens is 429 g/mol. The minimum Gasteiger partial charge on any atom is -0.493 e. The summed E-state index contributed by atoms with van der Waals surface area (Å²) in [7, 11) is 2.95. The van der Waals surface area contributed by atoms with Crippen LogP contribution in [0.4, 0.5) is 13.2 Å². The van der Waals surface area contributed by atoms with Crippen LogP contribution in [0.1, 0.15) is 21.5 Å². The molecule has 1 aliphatic rings. The van der Waals surface area contributed by atoms with Gasteiger partial charge in [-0.05, 0) is 24.3 Å². The molecule has 32 heavy (non-hydrogen) atoms. The minimum atomic E-state index is -4.60. The SMILES string of the molecule is COc1cccc(CN2CC(O)CN(C(=O)c3cccc(C(F)(F)F)c3)CC2=O)c1OC. The Labute approximate surface area is 182 Å². The van der Waals surface area contributed by atoms with Crippen molar-refractivity contribution in [3.05, 3.63) is 59.2 Å². The van der Waals surface area contributed by atoms with E-state index in [4.69, 9.17) is 9.47 Å². The Morgan fingerprint density at radius 1 is 1.12 bits per heavy atom. The number of aliphatic hydroxyl groups excluding tert-OH is 1. The topological polar surface area (TPSA) is 79.3 Å². The van der Waals surface area contributed by atoms with E-state index in [1.54, 1.807) is 18.2 Å². The first-order valence-electron chi connectivity index (χ1n) is 9.76. The number of carbonyl (C=O) groups is 2. The highest BCUT2D eigenvalue weighted by Gasteiger charge is 2.33. The molecule has 0 spiro atoms. The van der Waals surface area contributed by atoms with E-state index >= 15 is 0 Å². The molecule has 3 rings (SSSR count). The summed E-state index contributed by atoms with van der Waals surface area (Å²) < 4.78 is 49.6. The fourth-order valence-corrected chi connectivity index (χ4v) is 3.60. The van der Waals surface area contributed by atoms with Gasteiger partial charge in [-0.2, -0.15) is 13.2 Å². The Balaban J connectivity index is 1.80. The van der Waals surface area contributed by atoms with E-state index in [-0.39, 0.29) is 31.7 Å². The second-order valence-corrected chi connectivity index (χ2v) is 7.34. The Morgan fingerprint density at radius 2 is 1.84 bits per heavy atom. The number of alkyl halides is 3. The molecule has 2 aromatic carbocycles. The molecule has 0 bridgehead atoms. The number of nitrogens with zero attached hydrogens (tertiary/aromatic N) is 2. The van der Waals surface area contributed by atoms with Gasteiger partial charge in [0.05, 0.1) is 25.9 Å².